The van der Waals surface area contributed by atoms with Crippen LogP contribution >= 0.6 is 22.6 Å². The van der Waals surface area contributed by atoms with Crippen molar-refractivity contribution in [3.05, 3.63) is 71.3 Å². The fraction of sp³-hybridized carbons (Fsp3) is 0.231. The van der Waals surface area contributed by atoms with Gasteiger partial charge in [0.2, 0.25) is 0 Å². The molecule has 0 amide bonds. The smallest absolute Gasteiger partial charge is 0.0763 e. The maximum Gasteiger partial charge on any atom is 0.0763 e. The first-order valence-corrected chi connectivity index (χ1v) is 11.2. The molecule has 0 saturated carbocycles. The minimum atomic E-state index is 0.541. The lowest BCUT2D eigenvalue weighted by Crippen LogP contribution is -2.07. The molecule has 0 aliphatic heterocycles. The van der Waals surface area contributed by atoms with E-state index in [1.54, 1.807) is 0 Å². The lowest BCUT2D eigenvalue weighted by Gasteiger charge is -2.17. The molecule has 0 radical (unpaired) electrons. The van der Waals surface area contributed by atoms with Gasteiger partial charge >= 0.3 is 0 Å². The summed E-state index contributed by atoms with van der Waals surface area (Å²) in [5.74, 6) is 2.63. The Morgan fingerprint density at radius 1 is 0.897 bits per heavy atom. The standard InChI is InChI=1S/C26H27IN2/c1-6-13-28-22-9-12-24(21(16-22)17-27)26-15-18(2)25(14-19(26)3)20-7-10-23(11-8-20)29(4)5/h1,7-12,14-16,28H,13,17H2,2-5H3. The number of terminal acetylenes is 1. The Hall–Kier alpha value is -2.45. The van der Waals surface area contributed by atoms with Gasteiger partial charge in [-0.2, -0.15) is 0 Å². The molecule has 0 atom stereocenters. The Labute approximate surface area is 188 Å². The fourth-order valence-electron chi connectivity index (χ4n) is 3.59. The van der Waals surface area contributed by atoms with E-state index in [9.17, 15) is 0 Å². The van der Waals surface area contributed by atoms with Crippen LogP contribution in [0.25, 0.3) is 22.3 Å². The second-order valence-corrected chi connectivity index (χ2v) is 8.25. The van der Waals surface area contributed by atoms with E-state index in [0.29, 0.717) is 6.54 Å². The third-order valence-electron chi connectivity index (χ3n) is 5.20. The summed E-state index contributed by atoms with van der Waals surface area (Å²) in [4.78, 5) is 2.12. The molecule has 3 aromatic carbocycles. The number of hydrogen-bond acceptors (Lipinski definition) is 2. The van der Waals surface area contributed by atoms with Gasteiger partial charge in [-0.3, -0.25) is 0 Å². The Morgan fingerprint density at radius 2 is 1.55 bits per heavy atom. The summed E-state index contributed by atoms with van der Waals surface area (Å²) in [5.41, 5.74) is 11.3. The lowest BCUT2D eigenvalue weighted by molar-refractivity contribution is 1.13. The fourth-order valence-corrected chi connectivity index (χ4v) is 4.22. The molecule has 0 aliphatic carbocycles. The first kappa shape index (κ1) is 21.3. The third kappa shape index (κ3) is 4.76. The molecule has 0 unspecified atom stereocenters. The van der Waals surface area contributed by atoms with Crippen molar-refractivity contribution < 1.29 is 0 Å². The van der Waals surface area contributed by atoms with Crippen molar-refractivity contribution in [1.29, 1.82) is 0 Å². The quantitative estimate of drug-likeness (QED) is 0.234. The summed E-state index contributed by atoms with van der Waals surface area (Å²) >= 11 is 2.43. The van der Waals surface area contributed by atoms with Crippen LogP contribution in [0.15, 0.2) is 54.6 Å². The molecule has 3 rings (SSSR count). The van der Waals surface area contributed by atoms with Crippen LogP contribution in [0, 0.1) is 26.2 Å². The summed E-state index contributed by atoms with van der Waals surface area (Å²) in [6.45, 7) is 4.94. The van der Waals surface area contributed by atoms with Crippen molar-refractivity contribution in [2.24, 2.45) is 0 Å². The monoisotopic (exact) mass is 494 g/mol. The van der Waals surface area contributed by atoms with Gasteiger partial charge in [0, 0.05) is 29.9 Å². The number of anilines is 2. The van der Waals surface area contributed by atoms with E-state index < -0.39 is 0 Å². The summed E-state index contributed by atoms with van der Waals surface area (Å²) in [7, 11) is 4.13. The average Bonchev–Trinajstić information content (AvgIpc) is 2.73. The molecular weight excluding hydrogens is 467 g/mol. The van der Waals surface area contributed by atoms with Crippen molar-refractivity contribution in [2.45, 2.75) is 18.3 Å². The zero-order valence-corrected chi connectivity index (χ0v) is 19.7. The maximum absolute atomic E-state index is 5.37. The molecule has 0 aromatic heterocycles. The van der Waals surface area contributed by atoms with Crippen LogP contribution in [0.4, 0.5) is 11.4 Å². The number of nitrogens with zero attached hydrogens (tertiary/aromatic N) is 1. The number of aryl methyl sites for hydroxylation is 2. The molecule has 0 heterocycles. The van der Waals surface area contributed by atoms with Gasteiger partial charge < -0.3 is 10.2 Å². The highest BCUT2D eigenvalue weighted by molar-refractivity contribution is 14.1. The van der Waals surface area contributed by atoms with Crippen LogP contribution in [-0.2, 0) is 4.43 Å². The number of benzene rings is 3. The summed E-state index contributed by atoms with van der Waals surface area (Å²) in [5, 5.41) is 3.27. The second-order valence-electron chi connectivity index (χ2n) is 7.49. The van der Waals surface area contributed by atoms with Crippen molar-refractivity contribution in [3.8, 4) is 34.6 Å². The molecular formula is C26H27IN2. The van der Waals surface area contributed by atoms with Gasteiger partial charge in [0.15, 0.2) is 0 Å². The molecule has 0 fully saturated rings. The molecule has 0 spiro atoms. The van der Waals surface area contributed by atoms with E-state index in [0.717, 1.165) is 10.1 Å². The van der Waals surface area contributed by atoms with Gasteiger partial charge in [0.25, 0.3) is 0 Å². The Bertz CT molecular complexity index is 1040. The van der Waals surface area contributed by atoms with E-state index in [1.807, 2.05) is 0 Å². The predicted molar refractivity (Wildman–Crippen MR) is 136 cm³/mol. The molecule has 3 heteroatoms. The van der Waals surface area contributed by atoms with Crippen molar-refractivity contribution in [3.63, 3.8) is 0 Å². The second kappa shape index (κ2) is 9.37. The van der Waals surface area contributed by atoms with Gasteiger partial charge in [0.1, 0.15) is 0 Å². The average molecular weight is 494 g/mol. The largest absolute Gasteiger partial charge is 0.378 e. The Morgan fingerprint density at radius 3 is 2.17 bits per heavy atom. The zero-order valence-electron chi connectivity index (χ0n) is 17.5. The number of rotatable bonds is 6. The molecule has 148 valence electrons. The molecule has 0 saturated heterocycles. The number of hydrogen-bond donors (Lipinski definition) is 1. The summed E-state index contributed by atoms with van der Waals surface area (Å²) < 4.78 is 0.949. The van der Waals surface area contributed by atoms with Crippen LogP contribution in [-0.4, -0.2) is 20.6 Å². The van der Waals surface area contributed by atoms with E-state index in [2.05, 4.69) is 121 Å². The van der Waals surface area contributed by atoms with Gasteiger partial charge in [-0.1, -0.05) is 58.8 Å². The van der Waals surface area contributed by atoms with Crippen LogP contribution < -0.4 is 10.2 Å². The van der Waals surface area contributed by atoms with Gasteiger partial charge in [-0.25, -0.2) is 0 Å². The number of halogens is 1. The van der Waals surface area contributed by atoms with Crippen molar-refractivity contribution >= 4 is 34.0 Å². The molecule has 0 bridgehead atoms. The van der Waals surface area contributed by atoms with Crippen molar-refractivity contribution in [1.82, 2.24) is 0 Å². The number of nitrogens with one attached hydrogen (secondary N) is 1. The maximum atomic E-state index is 5.37. The minimum absolute atomic E-state index is 0.541. The Balaban J connectivity index is 2.00. The highest BCUT2D eigenvalue weighted by atomic mass is 127. The van der Waals surface area contributed by atoms with Crippen LogP contribution in [0.2, 0.25) is 0 Å². The summed E-state index contributed by atoms with van der Waals surface area (Å²) in [6, 6.07) is 19.9. The van der Waals surface area contributed by atoms with Crippen LogP contribution in [0.1, 0.15) is 16.7 Å². The normalized spacial score (nSPS) is 10.5. The molecule has 2 nitrogen and oxygen atoms in total. The highest BCUT2D eigenvalue weighted by Crippen LogP contribution is 2.35. The number of alkyl halides is 1. The zero-order chi connectivity index (χ0) is 21.0. The minimum Gasteiger partial charge on any atom is -0.378 e. The van der Waals surface area contributed by atoms with Gasteiger partial charge in [-0.15, -0.1) is 6.42 Å². The summed E-state index contributed by atoms with van der Waals surface area (Å²) in [6.07, 6.45) is 5.37. The van der Waals surface area contributed by atoms with Crippen molar-refractivity contribution in [2.75, 3.05) is 30.9 Å². The first-order chi connectivity index (χ1) is 13.9. The highest BCUT2D eigenvalue weighted by Gasteiger charge is 2.12. The SMILES string of the molecule is C#CCNc1ccc(-c2cc(C)c(-c3ccc(N(C)C)cc3)cc2C)c(CI)c1. The predicted octanol–water partition coefficient (Wildman–Crippen LogP) is 6.68. The topological polar surface area (TPSA) is 15.3 Å². The lowest BCUT2D eigenvalue weighted by atomic mass is 9.90. The molecule has 29 heavy (non-hydrogen) atoms. The van der Waals surface area contributed by atoms with E-state index >= 15 is 0 Å². The van der Waals surface area contributed by atoms with Gasteiger partial charge in [-0.05, 0) is 77.1 Å². The van der Waals surface area contributed by atoms with E-state index in [1.165, 1.54) is 44.6 Å². The first-order valence-electron chi connectivity index (χ1n) is 9.70. The molecule has 1 N–H and O–H groups in total. The van der Waals surface area contributed by atoms with E-state index in [-0.39, 0.29) is 0 Å². The Kier molecular flexibility index (Phi) is 6.87. The van der Waals surface area contributed by atoms with Crippen LogP contribution in [0.3, 0.4) is 0 Å². The molecule has 3 aromatic rings. The molecule has 0 aliphatic rings. The van der Waals surface area contributed by atoms with Crippen LogP contribution in [0.5, 0.6) is 0 Å². The third-order valence-corrected chi connectivity index (χ3v) is 6.02. The van der Waals surface area contributed by atoms with E-state index in [4.69, 9.17) is 6.42 Å². The van der Waals surface area contributed by atoms with Gasteiger partial charge in [0.05, 0.1) is 6.54 Å².